The van der Waals surface area contributed by atoms with E-state index in [4.69, 9.17) is 4.98 Å². The van der Waals surface area contributed by atoms with E-state index in [1.165, 1.54) is 29.0 Å². The molecule has 0 aliphatic heterocycles. The van der Waals surface area contributed by atoms with E-state index in [1.807, 2.05) is 0 Å². The first-order valence-corrected chi connectivity index (χ1v) is 9.61. The second kappa shape index (κ2) is 6.23. The molecule has 1 aliphatic rings. The van der Waals surface area contributed by atoms with E-state index < -0.39 is 6.61 Å². The lowest BCUT2D eigenvalue weighted by atomic mass is 9.89. The van der Waals surface area contributed by atoms with Gasteiger partial charge in [0.15, 0.2) is 11.5 Å². The van der Waals surface area contributed by atoms with Crippen LogP contribution in [-0.2, 0) is 12.8 Å². The van der Waals surface area contributed by atoms with Gasteiger partial charge >= 0.3 is 6.61 Å². The molecule has 8 heteroatoms. The molecule has 27 heavy (non-hydrogen) atoms. The fourth-order valence-corrected chi connectivity index (χ4v) is 4.99. The molecule has 1 aromatic carbocycles. The molecule has 5 rings (SSSR count). The molecule has 3 aromatic heterocycles. The zero-order valence-corrected chi connectivity index (χ0v) is 15.3. The highest BCUT2D eigenvalue weighted by Crippen LogP contribution is 2.38. The van der Waals surface area contributed by atoms with Gasteiger partial charge in [-0.25, -0.2) is 14.5 Å². The van der Waals surface area contributed by atoms with Crippen molar-refractivity contribution in [2.24, 2.45) is 5.92 Å². The van der Waals surface area contributed by atoms with E-state index in [2.05, 4.69) is 21.7 Å². The molecule has 0 spiro atoms. The number of fused-ring (bicyclic) bond motifs is 5. The van der Waals surface area contributed by atoms with Crippen LogP contribution in [0.25, 0.3) is 27.3 Å². The molecule has 138 valence electrons. The molecule has 0 radical (unpaired) electrons. The highest BCUT2D eigenvalue weighted by atomic mass is 32.1. The van der Waals surface area contributed by atoms with E-state index in [1.54, 1.807) is 34.3 Å². The van der Waals surface area contributed by atoms with Crippen LogP contribution in [0.4, 0.5) is 8.78 Å². The molecule has 1 aliphatic carbocycles. The van der Waals surface area contributed by atoms with E-state index in [0.717, 1.165) is 34.3 Å². The number of aryl methyl sites for hydroxylation is 1. The van der Waals surface area contributed by atoms with Crippen molar-refractivity contribution >= 4 is 27.2 Å². The highest BCUT2D eigenvalue weighted by Gasteiger charge is 2.23. The normalized spacial score (nSPS) is 17.0. The van der Waals surface area contributed by atoms with Crippen molar-refractivity contribution in [3.63, 3.8) is 0 Å². The third kappa shape index (κ3) is 2.84. The number of hydrogen-bond donors (Lipinski definition) is 0. The Balaban J connectivity index is 1.60. The van der Waals surface area contributed by atoms with E-state index in [9.17, 15) is 8.78 Å². The maximum atomic E-state index is 12.3. The van der Waals surface area contributed by atoms with Gasteiger partial charge in [0.05, 0.1) is 5.39 Å². The maximum Gasteiger partial charge on any atom is 0.387 e. The smallest absolute Gasteiger partial charge is 0.387 e. The van der Waals surface area contributed by atoms with Gasteiger partial charge in [-0.05, 0) is 55.0 Å². The SMILES string of the molecule is C[C@@H]1CCc2c(sc3ncn4nc(-c5ccc(OC(F)F)cc5)nc4c23)C1. The standard InChI is InChI=1S/C19H16F2N4OS/c1-10-2-7-13-14(8-10)27-18-15(13)17-23-16(24-25(17)9-22-18)11-3-5-12(6-4-11)26-19(20)21/h3-6,9-10,19H,2,7-8H2,1H3/t10-/m1/s1. The number of halogens is 2. The summed E-state index contributed by atoms with van der Waals surface area (Å²) in [4.78, 5) is 11.7. The lowest BCUT2D eigenvalue weighted by Gasteiger charge is -2.17. The molecule has 5 nitrogen and oxygen atoms in total. The van der Waals surface area contributed by atoms with Gasteiger partial charge in [0.1, 0.15) is 16.9 Å². The Kier molecular flexibility index (Phi) is 3.82. The summed E-state index contributed by atoms with van der Waals surface area (Å²) >= 11 is 1.75. The first kappa shape index (κ1) is 16.6. The van der Waals surface area contributed by atoms with Crippen molar-refractivity contribution in [1.82, 2.24) is 19.6 Å². The van der Waals surface area contributed by atoms with Crippen LogP contribution < -0.4 is 4.74 Å². The predicted molar refractivity (Wildman–Crippen MR) is 99.4 cm³/mol. The van der Waals surface area contributed by atoms with Gasteiger partial charge in [-0.1, -0.05) is 6.92 Å². The molecule has 4 aromatic rings. The van der Waals surface area contributed by atoms with Crippen LogP contribution in [0.5, 0.6) is 5.75 Å². The zero-order valence-electron chi connectivity index (χ0n) is 14.5. The van der Waals surface area contributed by atoms with Gasteiger partial charge in [-0.3, -0.25) is 0 Å². The number of hydrogen-bond acceptors (Lipinski definition) is 5. The Bertz CT molecular complexity index is 1140. The summed E-state index contributed by atoms with van der Waals surface area (Å²) in [5, 5.41) is 5.62. The Hall–Kier alpha value is -2.61. The average Bonchev–Trinajstić information content (AvgIpc) is 3.21. The molecule has 0 amide bonds. The number of nitrogens with zero attached hydrogens (tertiary/aromatic N) is 4. The topological polar surface area (TPSA) is 52.3 Å². The molecule has 0 N–H and O–H groups in total. The third-order valence-corrected chi connectivity index (χ3v) is 6.13. The number of thiophene rings is 1. The summed E-state index contributed by atoms with van der Waals surface area (Å²) in [6, 6.07) is 6.35. The summed E-state index contributed by atoms with van der Waals surface area (Å²) in [7, 11) is 0. The number of benzene rings is 1. The number of rotatable bonds is 3. The fraction of sp³-hybridized carbons (Fsp3) is 0.316. The van der Waals surface area contributed by atoms with Crippen LogP contribution >= 0.6 is 11.3 Å². The first-order chi connectivity index (χ1) is 13.1. The molecule has 1 atom stereocenters. The highest BCUT2D eigenvalue weighted by molar-refractivity contribution is 7.19. The van der Waals surface area contributed by atoms with Crippen LogP contribution in [0.15, 0.2) is 30.6 Å². The Labute approximate surface area is 157 Å². The zero-order chi connectivity index (χ0) is 18.5. The van der Waals surface area contributed by atoms with Crippen molar-refractivity contribution < 1.29 is 13.5 Å². The molecule has 0 unspecified atom stereocenters. The third-order valence-electron chi connectivity index (χ3n) is 4.97. The van der Waals surface area contributed by atoms with Crippen LogP contribution in [0.3, 0.4) is 0 Å². The van der Waals surface area contributed by atoms with E-state index in [-0.39, 0.29) is 5.75 Å². The Morgan fingerprint density at radius 3 is 2.85 bits per heavy atom. The van der Waals surface area contributed by atoms with Gasteiger partial charge in [-0.15, -0.1) is 16.4 Å². The lowest BCUT2D eigenvalue weighted by Crippen LogP contribution is -2.08. The number of aromatic nitrogens is 4. The van der Waals surface area contributed by atoms with Gasteiger partial charge < -0.3 is 4.74 Å². The van der Waals surface area contributed by atoms with Crippen LogP contribution in [-0.4, -0.2) is 26.2 Å². The van der Waals surface area contributed by atoms with Crippen molar-refractivity contribution in [2.45, 2.75) is 32.8 Å². The van der Waals surface area contributed by atoms with Crippen molar-refractivity contribution in [3.05, 3.63) is 41.0 Å². The van der Waals surface area contributed by atoms with Gasteiger partial charge in [0, 0.05) is 10.4 Å². The molecule has 0 bridgehead atoms. The quantitative estimate of drug-likeness (QED) is 0.511. The molecule has 0 saturated carbocycles. The summed E-state index contributed by atoms with van der Waals surface area (Å²) in [6.45, 7) is -0.552. The van der Waals surface area contributed by atoms with Crippen molar-refractivity contribution in [3.8, 4) is 17.1 Å². The Morgan fingerprint density at radius 2 is 2.07 bits per heavy atom. The summed E-state index contributed by atoms with van der Waals surface area (Å²) in [5.41, 5.74) is 2.90. The summed E-state index contributed by atoms with van der Waals surface area (Å²) < 4.78 is 30.7. The molecule has 3 heterocycles. The fourth-order valence-electron chi connectivity index (χ4n) is 3.65. The van der Waals surface area contributed by atoms with E-state index in [0.29, 0.717) is 11.7 Å². The molecule has 0 saturated heterocycles. The van der Waals surface area contributed by atoms with Crippen LogP contribution in [0.1, 0.15) is 23.8 Å². The van der Waals surface area contributed by atoms with Crippen LogP contribution in [0.2, 0.25) is 0 Å². The second-order valence-corrected chi connectivity index (χ2v) is 7.97. The molecule has 0 fully saturated rings. The maximum absolute atomic E-state index is 12.3. The number of alkyl halides is 2. The monoisotopic (exact) mass is 386 g/mol. The second-order valence-electron chi connectivity index (χ2n) is 6.88. The van der Waals surface area contributed by atoms with E-state index >= 15 is 0 Å². The molecular formula is C19H16F2N4OS. The minimum atomic E-state index is -2.84. The van der Waals surface area contributed by atoms with Crippen LogP contribution in [0, 0.1) is 5.92 Å². The predicted octanol–water partition coefficient (Wildman–Crippen LogP) is 4.73. The van der Waals surface area contributed by atoms with Gasteiger partial charge in [0.25, 0.3) is 0 Å². The minimum absolute atomic E-state index is 0.114. The summed E-state index contributed by atoms with van der Waals surface area (Å²) in [6.07, 6.45) is 5.00. The minimum Gasteiger partial charge on any atom is -0.435 e. The van der Waals surface area contributed by atoms with Crippen molar-refractivity contribution in [2.75, 3.05) is 0 Å². The van der Waals surface area contributed by atoms with Crippen molar-refractivity contribution in [1.29, 1.82) is 0 Å². The summed E-state index contributed by atoms with van der Waals surface area (Å²) in [5.74, 6) is 1.35. The lowest BCUT2D eigenvalue weighted by molar-refractivity contribution is -0.0498. The largest absolute Gasteiger partial charge is 0.435 e. The Morgan fingerprint density at radius 1 is 1.26 bits per heavy atom. The average molecular weight is 386 g/mol. The first-order valence-electron chi connectivity index (χ1n) is 8.79. The van der Waals surface area contributed by atoms with Gasteiger partial charge in [0.2, 0.25) is 0 Å². The number of ether oxygens (including phenoxy) is 1. The molecular weight excluding hydrogens is 370 g/mol. The van der Waals surface area contributed by atoms with Gasteiger partial charge in [-0.2, -0.15) is 8.78 Å².